The lowest BCUT2D eigenvalue weighted by Crippen LogP contribution is -2.51. The lowest BCUT2D eigenvalue weighted by molar-refractivity contribution is -0.137. The summed E-state index contributed by atoms with van der Waals surface area (Å²) in [4.78, 5) is 13.8. The molecule has 2 rings (SSSR count). The summed E-state index contributed by atoms with van der Waals surface area (Å²) in [6.45, 7) is 3.08. The van der Waals surface area contributed by atoms with Crippen molar-refractivity contribution < 1.29 is 4.79 Å². The molecule has 0 aromatic carbocycles. The van der Waals surface area contributed by atoms with E-state index in [1.54, 1.807) is 0 Å². The number of amides is 1. The van der Waals surface area contributed by atoms with Crippen molar-refractivity contribution in [3.8, 4) is 0 Å². The van der Waals surface area contributed by atoms with Crippen LogP contribution in [-0.2, 0) is 4.79 Å². The molecule has 0 aromatic rings. The zero-order valence-corrected chi connectivity index (χ0v) is 8.91. The molecule has 2 N–H and O–H groups in total. The van der Waals surface area contributed by atoms with Gasteiger partial charge < -0.3 is 10.6 Å². The van der Waals surface area contributed by atoms with E-state index >= 15 is 0 Å². The van der Waals surface area contributed by atoms with Crippen molar-refractivity contribution in [1.29, 1.82) is 0 Å². The summed E-state index contributed by atoms with van der Waals surface area (Å²) in [7, 11) is 0. The van der Waals surface area contributed by atoms with Crippen molar-refractivity contribution in [3.63, 3.8) is 0 Å². The number of carbonyl (C=O) groups is 1. The Morgan fingerprint density at radius 2 is 2.21 bits per heavy atom. The quantitative estimate of drug-likeness (QED) is 0.735. The fourth-order valence-electron chi connectivity index (χ4n) is 2.33. The Bertz CT molecular complexity index is 225. The number of likely N-dealkylation sites (tertiary alicyclic amines) is 1. The van der Waals surface area contributed by atoms with E-state index in [1.807, 2.05) is 4.90 Å². The van der Waals surface area contributed by atoms with Crippen molar-refractivity contribution >= 4 is 5.91 Å². The molecule has 2 atom stereocenters. The van der Waals surface area contributed by atoms with Gasteiger partial charge in [0, 0.05) is 12.6 Å². The van der Waals surface area contributed by atoms with Crippen molar-refractivity contribution in [3.05, 3.63) is 0 Å². The molecule has 1 aliphatic carbocycles. The number of nitrogens with zero attached hydrogens (tertiary/aromatic N) is 1. The van der Waals surface area contributed by atoms with Gasteiger partial charge in [0.1, 0.15) is 0 Å². The minimum absolute atomic E-state index is 0.171. The molecule has 2 unspecified atom stereocenters. The molecule has 0 aromatic heterocycles. The highest BCUT2D eigenvalue weighted by molar-refractivity contribution is 5.82. The number of carbonyl (C=O) groups excluding carboxylic acids is 1. The normalized spacial score (nSPS) is 30.6. The third kappa shape index (κ3) is 2.08. The van der Waals surface area contributed by atoms with Crippen LogP contribution in [0.25, 0.3) is 0 Å². The molecule has 1 amide bonds. The van der Waals surface area contributed by atoms with E-state index in [0.717, 1.165) is 25.3 Å². The van der Waals surface area contributed by atoms with E-state index in [9.17, 15) is 4.79 Å². The van der Waals surface area contributed by atoms with Gasteiger partial charge in [-0.1, -0.05) is 12.8 Å². The number of nitrogens with two attached hydrogens (primary N) is 1. The zero-order valence-electron chi connectivity index (χ0n) is 8.91. The van der Waals surface area contributed by atoms with Crippen molar-refractivity contribution in [1.82, 2.24) is 4.90 Å². The number of hydrogen-bond donors (Lipinski definition) is 1. The lowest BCUT2D eigenvalue weighted by atomic mass is 10.0. The van der Waals surface area contributed by atoms with E-state index < -0.39 is 0 Å². The van der Waals surface area contributed by atoms with Crippen molar-refractivity contribution in [2.75, 3.05) is 6.54 Å². The van der Waals surface area contributed by atoms with Crippen LogP contribution in [0.1, 0.15) is 39.0 Å². The lowest BCUT2D eigenvalue weighted by Gasteiger charge is -2.35. The molecule has 1 saturated heterocycles. The Labute approximate surface area is 85.6 Å². The summed E-state index contributed by atoms with van der Waals surface area (Å²) in [5.74, 6) is 1.06. The Hall–Kier alpha value is -0.570. The molecule has 2 fully saturated rings. The first-order valence-corrected chi connectivity index (χ1v) is 5.74. The topological polar surface area (TPSA) is 46.3 Å². The standard InChI is InChI=1S/C11H20N2O/c1-8(7-9-4-5-9)13-6-2-3-10(12)11(13)14/h8-10H,2-7,12H2,1H3. The summed E-state index contributed by atoms with van der Waals surface area (Å²) >= 11 is 0. The maximum absolute atomic E-state index is 11.8. The van der Waals surface area contributed by atoms with Gasteiger partial charge in [-0.25, -0.2) is 0 Å². The number of piperidine rings is 1. The fraction of sp³-hybridized carbons (Fsp3) is 0.909. The van der Waals surface area contributed by atoms with Gasteiger partial charge in [0.2, 0.25) is 5.91 Å². The second-order valence-electron chi connectivity index (χ2n) is 4.81. The molecule has 80 valence electrons. The minimum atomic E-state index is -0.231. The van der Waals surface area contributed by atoms with E-state index in [4.69, 9.17) is 5.73 Å². The van der Waals surface area contributed by atoms with E-state index in [0.29, 0.717) is 6.04 Å². The highest BCUT2D eigenvalue weighted by atomic mass is 16.2. The van der Waals surface area contributed by atoms with Gasteiger partial charge in [-0.05, 0) is 32.1 Å². The molecule has 2 aliphatic rings. The summed E-state index contributed by atoms with van der Waals surface area (Å²) in [5.41, 5.74) is 5.76. The minimum Gasteiger partial charge on any atom is -0.339 e. The van der Waals surface area contributed by atoms with Crippen LogP contribution in [0, 0.1) is 5.92 Å². The molecule has 0 bridgehead atoms. The van der Waals surface area contributed by atoms with E-state index in [1.165, 1.54) is 19.3 Å². The molecule has 14 heavy (non-hydrogen) atoms. The van der Waals surface area contributed by atoms with Crippen molar-refractivity contribution in [2.45, 2.75) is 51.1 Å². The average molecular weight is 196 g/mol. The van der Waals surface area contributed by atoms with Crippen LogP contribution in [0.3, 0.4) is 0 Å². The van der Waals surface area contributed by atoms with Crippen LogP contribution < -0.4 is 5.73 Å². The van der Waals surface area contributed by atoms with Crippen molar-refractivity contribution in [2.24, 2.45) is 11.7 Å². The first-order chi connectivity index (χ1) is 6.68. The molecular weight excluding hydrogens is 176 g/mol. The molecule has 1 heterocycles. The summed E-state index contributed by atoms with van der Waals surface area (Å²) in [6, 6.07) is 0.173. The number of hydrogen-bond acceptors (Lipinski definition) is 2. The molecule has 1 aliphatic heterocycles. The molecule has 3 nitrogen and oxygen atoms in total. The third-order valence-corrected chi connectivity index (χ3v) is 3.42. The predicted molar refractivity (Wildman–Crippen MR) is 55.7 cm³/mol. The Balaban J connectivity index is 1.90. The van der Waals surface area contributed by atoms with Gasteiger partial charge in [-0.3, -0.25) is 4.79 Å². The maximum Gasteiger partial charge on any atom is 0.239 e. The van der Waals surface area contributed by atoms with Crippen LogP contribution in [0.5, 0.6) is 0 Å². The maximum atomic E-state index is 11.8. The van der Waals surface area contributed by atoms with Gasteiger partial charge in [0.15, 0.2) is 0 Å². The molecular formula is C11H20N2O. The molecule has 0 radical (unpaired) electrons. The summed E-state index contributed by atoms with van der Waals surface area (Å²) in [6.07, 6.45) is 5.84. The largest absolute Gasteiger partial charge is 0.339 e. The average Bonchev–Trinajstić information content (AvgIpc) is 2.93. The Morgan fingerprint density at radius 3 is 2.86 bits per heavy atom. The van der Waals surface area contributed by atoms with E-state index in [2.05, 4.69) is 6.92 Å². The van der Waals surface area contributed by atoms with Gasteiger partial charge >= 0.3 is 0 Å². The van der Waals surface area contributed by atoms with Gasteiger partial charge in [0.25, 0.3) is 0 Å². The predicted octanol–water partition coefficient (Wildman–Crippen LogP) is 1.12. The molecule has 1 saturated carbocycles. The van der Waals surface area contributed by atoms with Crippen LogP contribution in [0.2, 0.25) is 0 Å². The number of rotatable bonds is 3. The van der Waals surface area contributed by atoms with E-state index in [-0.39, 0.29) is 11.9 Å². The highest BCUT2D eigenvalue weighted by Gasteiger charge is 2.32. The van der Waals surface area contributed by atoms with Gasteiger partial charge in [-0.15, -0.1) is 0 Å². The first kappa shape index (κ1) is 9.97. The highest BCUT2D eigenvalue weighted by Crippen LogP contribution is 2.35. The summed E-state index contributed by atoms with van der Waals surface area (Å²) in [5, 5.41) is 0. The van der Waals surface area contributed by atoms with Crippen LogP contribution in [0.15, 0.2) is 0 Å². The summed E-state index contributed by atoms with van der Waals surface area (Å²) < 4.78 is 0. The third-order valence-electron chi connectivity index (χ3n) is 3.42. The van der Waals surface area contributed by atoms with Crippen LogP contribution >= 0.6 is 0 Å². The second-order valence-corrected chi connectivity index (χ2v) is 4.81. The monoisotopic (exact) mass is 196 g/mol. The fourth-order valence-corrected chi connectivity index (χ4v) is 2.33. The molecule has 0 spiro atoms. The first-order valence-electron chi connectivity index (χ1n) is 5.74. The second kappa shape index (κ2) is 3.89. The molecule has 3 heteroatoms. The van der Waals surface area contributed by atoms with Crippen LogP contribution in [-0.4, -0.2) is 29.4 Å². The van der Waals surface area contributed by atoms with Gasteiger partial charge in [0.05, 0.1) is 6.04 Å². The Kier molecular flexibility index (Phi) is 2.77. The Morgan fingerprint density at radius 1 is 1.50 bits per heavy atom. The van der Waals surface area contributed by atoms with Gasteiger partial charge in [-0.2, -0.15) is 0 Å². The zero-order chi connectivity index (χ0) is 10.1. The SMILES string of the molecule is CC(CC1CC1)N1CCCC(N)C1=O. The smallest absolute Gasteiger partial charge is 0.239 e. The van der Waals surface area contributed by atoms with Crippen LogP contribution in [0.4, 0.5) is 0 Å².